The highest BCUT2D eigenvalue weighted by molar-refractivity contribution is 5.46. The Morgan fingerprint density at radius 2 is 1.88 bits per heavy atom. The molecule has 0 saturated carbocycles. The van der Waals surface area contributed by atoms with Gasteiger partial charge < -0.3 is 9.47 Å². The molecule has 136 valence electrons. The SMILES string of the molecule is COc1cccc(CN(Cc2cnn(C)c2)Cc2ccccn2)c1OC. The molecular formula is C20H24N4O2. The minimum Gasteiger partial charge on any atom is -0.493 e. The lowest BCUT2D eigenvalue weighted by molar-refractivity contribution is 0.239. The van der Waals surface area contributed by atoms with Crippen molar-refractivity contribution in [3.05, 3.63) is 71.8 Å². The molecule has 0 bridgehead atoms. The summed E-state index contributed by atoms with van der Waals surface area (Å²) >= 11 is 0. The van der Waals surface area contributed by atoms with E-state index < -0.39 is 0 Å². The second-order valence-electron chi connectivity index (χ2n) is 6.14. The topological polar surface area (TPSA) is 52.4 Å². The zero-order valence-electron chi connectivity index (χ0n) is 15.4. The Hall–Kier alpha value is -2.86. The van der Waals surface area contributed by atoms with Crippen LogP contribution in [0.3, 0.4) is 0 Å². The molecule has 6 nitrogen and oxygen atoms in total. The lowest BCUT2D eigenvalue weighted by Gasteiger charge is -2.23. The molecule has 0 N–H and O–H groups in total. The smallest absolute Gasteiger partial charge is 0.165 e. The Morgan fingerprint density at radius 3 is 2.54 bits per heavy atom. The van der Waals surface area contributed by atoms with Crippen LogP contribution in [0, 0.1) is 0 Å². The molecule has 0 fully saturated rings. The van der Waals surface area contributed by atoms with E-state index in [-0.39, 0.29) is 0 Å². The molecule has 0 aliphatic carbocycles. The maximum Gasteiger partial charge on any atom is 0.165 e. The highest BCUT2D eigenvalue weighted by atomic mass is 16.5. The number of rotatable bonds is 8. The van der Waals surface area contributed by atoms with Gasteiger partial charge in [-0.15, -0.1) is 0 Å². The van der Waals surface area contributed by atoms with E-state index in [0.717, 1.165) is 41.4 Å². The third kappa shape index (κ3) is 4.40. The van der Waals surface area contributed by atoms with E-state index in [1.54, 1.807) is 14.2 Å². The fourth-order valence-corrected chi connectivity index (χ4v) is 3.02. The predicted octanol–water partition coefficient (Wildman–Crippen LogP) is 3.03. The van der Waals surface area contributed by atoms with Gasteiger partial charge in [-0.1, -0.05) is 18.2 Å². The summed E-state index contributed by atoms with van der Waals surface area (Å²) in [6, 6.07) is 11.9. The molecule has 0 aliphatic heterocycles. The second kappa shape index (κ2) is 8.49. The van der Waals surface area contributed by atoms with E-state index in [2.05, 4.69) is 21.0 Å². The quantitative estimate of drug-likeness (QED) is 0.624. The Bertz CT molecular complexity index is 833. The summed E-state index contributed by atoms with van der Waals surface area (Å²) in [5, 5.41) is 4.27. The largest absolute Gasteiger partial charge is 0.493 e. The molecule has 0 unspecified atom stereocenters. The Kier molecular flexibility index (Phi) is 5.86. The van der Waals surface area contributed by atoms with Crippen molar-refractivity contribution in [3.8, 4) is 11.5 Å². The normalized spacial score (nSPS) is 10.9. The molecule has 26 heavy (non-hydrogen) atoms. The van der Waals surface area contributed by atoms with Crippen LogP contribution in [0.15, 0.2) is 55.0 Å². The third-order valence-electron chi connectivity index (χ3n) is 4.15. The van der Waals surface area contributed by atoms with E-state index in [1.807, 2.05) is 60.7 Å². The van der Waals surface area contributed by atoms with Crippen molar-refractivity contribution in [2.75, 3.05) is 14.2 Å². The molecular weight excluding hydrogens is 328 g/mol. The van der Waals surface area contributed by atoms with Gasteiger partial charge in [0, 0.05) is 50.2 Å². The summed E-state index contributed by atoms with van der Waals surface area (Å²) in [6.45, 7) is 2.21. The summed E-state index contributed by atoms with van der Waals surface area (Å²) < 4.78 is 12.8. The van der Waals surface area contributed by atoms with Crippen LogP contribution in [0.2, 0.25) is 0 Å². The van der Waals surface area contributed by atoms with Crippen LogP contribution in [0.25, 0.3) is 0 Å². The average molecular weight is 352 g/mol. The molecule has 3 aromatic rings. The van der Waals surface area contributed by atoms with Gasteiger partial charge in [-0.05, 0) is 18.2 Å². The summed E-state index contributed by atoms with van der Waals surface area (Å²) in [6.07, 6.45) is 5.76. The minimum absolute atomic E-state index is 0.714. The van der Waals surface area contributed by atoms with Gasteiger partial charge in [0.1, 0.15) is 0 Å². The van der Waals surface area contributed by atoms with Gasteiger partial charge in [0.25, 0.3) is 0 Å². The van der Waals surface area contributed by atoms with Crippen molar-refractivity contribution in [1.82, 2.24) is 19.7 Å². The van der Waals surface area contributed by atoms with Crippen LogP contribution in [0.1, 0.15) is 16.8 Å². The average Bonchev–Trinajstić information content (AvgIpc) is 3.07. The maximum atomic E-state index is 5.59. The van der Waals surface area contributed by atoms with E-state index in [0.29, 0.717) is 6.54 Å². The Balaban J connectivity index is 1.85. The lowest BCUT2D eigenvalue weighted by atomic mass is 10.1. The first-order valence-corrected chi connectivity index (χ1v) is 8.49. The van der Waals surface area contributed by atoms with Gasteiger partial charge in [0.15, 0.2) is 11.5 Å². The number of hydrogen-bond donors (Lipinski definition) is 0. The standard InChI is InChI=1S/C20H24N4O2/c1-23-12-16(11-22-23)13-24(15-18-8-4-5-10-21-18)14-17-7-6-9-19(25-2)20(17)26-3/h4-12H,13-15H2,1-3H3. The number of aryl methyl sites for hydroxylation is 1. The molecule has 1 aromatic carbocycles. The van der Waals surface area contributed by atoms with E-state index in [1.165, 1.54) is 0 Å². The predicted molar refractivity (Wildman–Crippen MR) is 99.9 cm³/mol. The molecule has 2 aromatic heterocycles. The molecule has 0 saturated heterocycles. The third-order valence-corrected chi connectivity index (χ3v) is 4.15. The van der Waals surface area contributed by atoms with Gasteiger partial charge in [0.05, 0.1) is 26.1 Å². The van der Waals surface area contributed by atoms with Crippen molar-refractivity contribution in [1.29, 1.82) is 0 Å². The van der Waals surface area contributed by atoms with Crippen molar-refractivity contribution < 1.29 is 9.47 Å². The van der Waals surface area contributed by atoms with Gasteiger partial charge in [-0.2, -0.15) is 5.10 Å². The van der Waals surface area contributed by atoms with Crippen LogP contribution in [0.5, 0.6) is 11.5 Å². The van der Waals surface area contributed by atoms with Gasteiger partial charge in [-0.3, -0.25) is 14.6 Å². The number of aromatic nitrogens is 3. The van der Waals surface area contributed by atoms with Crippen molar-refractivity contribution in [3.63, 3.8) is 0 Å². The van der Waals surface area contributed by atoms with Crippen molar-refractivity contribution >= 4 is 0 Å². The summed E-state index contributed by atoms with van der Waals surface area (Å²) in [4.78, 5) is 6.78. The number of para-hydroxylation sites is 1. The number of pyridine rings is 1. The molecule has 0 atom stereocenters. The van der Waals surface area contributed by atoms with Gasteiger partial charge in [0.2, 0.25) is 0 Å². The zero-order valence-corrected chi connectivity index (χ0v) is 15.4. The summed E-state index contributed by atoms with van der Waals surface area (Å²) in [5.41, 5.74) is 3.26. The van der Waals surface area contributed by atoms with Crippen LogP contribution in [-0.2, 0) is 26.7 Å². The fraction of sp³-hybridized carbons (Fsp3) is 0.300. The first kappa shape index (κ1) is 17.9. The lowest BCUT2D eigenvalue weighted by Crippen LogP contribution is -2.23. The Morgan fingerprint density at radius 1 is 1.00 bits per heavy atom. The van der Waals surface area contributed by atoms with Crippen LogP contribution in [-0.4, -0.2) is 33.9 Å². The first-order chi connectivity index (χ1) is 12.7. The van der Waals surface area contributed by atoms with Gasteiger partial charge in [-0.25, -0.2) is 0 Å². The van der Waals surface area contributed by atoms with Crippen LogP contribution in [0.4, 0.5) is 0 Å². The first-order valence-electron chi connectivity index (χ1n) is 8.49. The number of methoxy groups -OCH3 is 2. The molecule has 6 heteroatoms. The van der Waals surface area contributed by atoms with Crippen molar-refractivity contribution in [2.45, 2.75) is 19.6 Å². The fourth-order valence-electron chi connectivity index (χ4n) is 3.02. The molecule has 3 rings (SSSR count). The van der Waals surface area contributed by atoms with Crippen LogP contribution >= 0.6 is 0 Å². The molecule has 0 radical (unpaired) electrons. The minimum atomic E-state index is 0.714. The monoisotopic (exact) mass is 352 g/mol. The highest BCUT2D eigenvalue weighted by Gasteiger charge is 2.15. The van der Waals surface area contributed by atoms with E-state index in [4.69, 9.17) is 9.47 Å². The van der Waals surface area contributed by atoms with E-state index >= 15 is 0 Å². The van der Waals surface area contributed by atoms with Crippen molar-refractivity contribution in [2.24, 2.45) is 7.05 Å². The highest BCUT2D eigenvalue weighted by Crippen LogP contribution is 2.32. The van der Waals surface area contributed by atoms with Crippen LogP contribution < -0.4 is 9.47 Å². The number of ether oxygens (including phenoxy) is 2. The van der Waals surface area contributed by atoms with E-state index in [9.17, 15) is 0 Å². The molecule has 0 spiro atoms. The molecule has 0 aliphatic rings. The summed E-state index contributed by atoms with van der Waals surface area (Å²) in [5.74, 6) is 1.51. The zero-order chi connectivity index (χ0) is 18.4. The number of nitrogens with zero attached hydrogens (tertiary/aromatic N) is 4. The molecule has 0 amide bonds. The van der Waals surface area contributed by atoms with Gasteiger partial charge >= 0.3 is 0 Å². The Labute approximate surface area is 154 Å². The molecule has 2 heterocycles. The summed E-state index contributed by atoms with van der Waals surface area (Å²) in [7, 11) is 5.26. The maximum absolute atomic E-state index is 5.59. The number of hydrogen-bond acceptors (Lipinski definition) is 5. The second-order valence-corrected chi connectivity index (χ2v) is 6.14. The number of benzene rings is 1.